The van der Waals surface area contributed by atoms with Gasteiger partial charge in [0.15, 0.2) is 0 Å². The van der Waals surface area contributed by atoms with E-state index in [4.69, 9.17) is 15.2 Å². The van der Waals surface area contributed by atoms with Gasteiger partial charge < -0.3 is 20.3 Å². The van der Waals surface area contributed by atoms with Gasteiger partial charge in [-0.25, -0.2) is 0 Å². The maximum atomic E-state index is 9.96. The molecule has 0 heterocycles. The van der Waals surface area contributed by atoms with Gasteiger partial charge >= 0.3 is 0 Å². The standard InChI is InChI=1S/C12H19NO3/c1-7-5-11(16-4)9(6-10(7)15-3)12(14)8(2)13/h5-6,8,12,14H,13H2,1-4H3/t8-,12-/m0/s1. The molecule has 0 radical (unpaired) electrons. The van der Waals surface area contributed by atoms with E-state index in [2.05, 4.69) is 0 Å². The normalized spacial score (nSPS) is 14.4. The molecule has 1 aromatic carbocycles. The molecule has 1 aromatic rings. The molecule has 0 aliphatic carbocycles. The van der Waals surface area contributed by atoms with Crippen LogP contribution in [0, 0.1) is 6.92 Å². The van der Waals surface area contributed by atoms with Gasteiger partial charge in [-0.3, -0.25) is 0 Å². The molecule has 0 unspecified atom stereocenters. The highest BCUT2D eigenvalue weighted by Gasteiger charge is 2.19. The van der Waals surface area contributed by atoms with Crippen LogP contribution in [0.5, 0.6) is 11.5 Å². The number of nitrogens with two attached hydrogens (primary N) is 1. The Bertz CT molecular complexity index is 364. The predicted octanol–water partition coefficient (Wildman–Crippen LogP) is 1.39. The van der Waals surface area contributed by atoms with Crippen molar-refractivity contribution in [2.24, 2.45) is 5.73 Å². The zero-order valence-electron chi connectivity index (χ0n) is 10.2. The third kappa shape index (κ3) is 2.46. The highest BCUT2D eigenvalue weighted by molar-refractivity contribution is 5.47. The summed E-state index contributed by atoms with van der Waals surface area (Å²) in [6.45, 7) is 3.67. The lowest BCUT2D eigenvalue weighted by Gasteiger charge is -2.19. The number of ether oxygens (including phenoxy) is 2. The molecule has 0 spiro atoms. The Labute approximate surface area is 96.0 Å². The van der Waals surface area contributed by atoms with Crippen LogP contribution in [0.25, 0.3) is 0 Å². The van der Waals surface area contributed by atoms with Gasteiger partial charge in [-0.15, -0.1) is 0 Å². The number of hydrogen-bond acceptors (Lipinski definition) is 4. The highest BCUT2D eigenvalue weighted by atomic mass is 16.5. The minimum absolute atomic E-state index is 0.360. The van der Waals surface area contributed by atoms with E-state index in [1.165, 1.54) is 0 Å². The molecule has 0 bridgehead atoms. The van der Waals surface area contributed by atoms with Crippen LogP contribution >= 0.6 is 0 Å². The summed E-state index contributed by atoms with van der Waals surface area (Å²) in [6.07, 6.45) is -0.760. The fourth-order valence-electron chi connectivity index (χ4n) is 1.59. The molecule has 0 aliphatic heterocycles. The van der Waals surface area contributed by atoms with Crippen molar-refractivity contribution in [1.82, 2.24) is 0 Å². The van der Waals surface area contributed by atoms with Crippen molar-refractivity contribution in [3.63, 3.8) is 0 Å². The molecule has 0 saturated carbocycles. The van der Waals surface area contributed by atoms with Crippen LogP contribution in [-0.2, 0) is 0 Å². The highest BCUT2D eigenvalue weighted by Crippen LogP contribution is 2.33. The number of rotatable bonds is 4. The third-order valence-corrected chi connectivity index (χ3v) is 2.56. The zero-order chi connectivity index (χ0) is 12.3. The first-order valence-electron chi connectivity index (χ1n) is 5.17. The van der Waals surface area contributed by atoms with E-state index in [0.717, 1.165) is 11.3 Å². The average Bonchev–Trinajstić information content (AvgIpc) is 2.27. The zero-order valence-corrected chi connectivity index (χ0v) is 10.2. The van der Waals surface area contributed by atoms with Crippen LogP contribution in [0.15, 0.2) is 12.1 Å². The van der Waals surface area contributed by atoms with Crippen LogP contribution in [0.3, 0.4) is 0 Å². The lowest BCUT2D eigenvalue weighted by Crippen LogP contribution is -2.24. The van der Waals surface area contributed by atoms with Crippen LogP contribution < -0.4 is 15.2 Å². The van der Waals surface area contributed by atoms with Gasteiger partial charge in [-0.1, -0.05) is 0 Å². The number of methoxy groups -OCH3 is 2. The fourth-order valence-corrected chi connectivity index (χ4v) is 1.59. The Hall–Kier alpha value is -1.26. The predicted molar refractivity (Wildman–Crippen MR) is 62.9 cm³/mol. The van der Waals surface area contributed by atoms with Crippen molar-refractivity contribution in [2.75, 3.05) is 14.2 Å². The molecular weight excluding hydrogens is 206 g/mol. The maximum Gasteiger partial charge on any atom is 0.125 e. The summed E-state index contributed by atoms with van der Waals surface area (Å²) in [7, 11) is 3.16. The quantitative estimate of drug-likeness (QED) is 0.812. The van der Waals surface area contributed by atoms with Crippen LogP contribution in [0.2, 0.25) is 0 Å². The van der Waals surface area contributed by atoms with Gasteiger partial charge in [0.1, 0.15) is 11.5 Å². The maximum absolute atomic E-state index is 9.96. The summed E-state index contributed by atoms with van der Waals surface area (Å²) in [4.78, 5) is 0. The van der Waals surface area contributed by atoms with E-state index in [9.17, 15) is 5.11 Å². The van der Waals surface area contributed by atoms with Gasteiger partial charge in [0.25, 0.3) is 0 Å². The van der Waals surface area contributed by atoms with Gasteiger partial charge in [0.2, 0.25) is 0 Å². The lowest BCUT2D eigenvalue weighted by molar-refractivity contribution is 0.149. The SMILES string of the molecule is COc1cc([C@@H](O)[C@H](C)N)c(OC)cc1C. The Balaban J connectivity index is 3.24. The first kappa shape index (κ1) is 12.8. The van der Waals surface area contributed by atoms with Crippen LogP contribution in [0.1, 0.15) is 24.2 Å². The smallest absolute Gasteiger partial charge is 0.125 e. The van der Waals surface area contributed by atoms with Crippen molar-refractivity contribution in [2.45, 2.75) is 26.0 Å². The lowest BCUT2D eigenvalue weighted by atomic mass is 10.0. The second-order valence-corrected chi connectivity index (χ2v) is 3.87. The summed E-state index contributed by atoms with van der Waals surface area (Å²) >= 11 is 0. The molecule has 90 valence electrons. The molecule has 0 amide bonds. The van der Waals surface area contributed by atoms with Gasteiger partial charge in [0, 0.05) is 11.6 Å². The number of aliphatic hydroxyl groups excluding tert-OH is 1. The molecule has 0 aliphatic rings. The Kier molecular flexibility index (Phi) is 4.15. The number of aliphatic hydroxyl groups is 1. The van der Waals surface area contributed by atoms with E-state index >= 15 is 0 Å². The largest absolute Gasteiger partial charge is 0.496 e. The van der Waals surface area contributed by atoms with Gasteiger partial charge in [0.05, 0.1) is 20.3 Å². The molecule has 0 saturated heterocycles. The average molecular weight is 225 g/mol. The first-order chi connectivity index (χ1) is 7.51. The third-order valence-electron chi connectivity index (χ3n) is 2.56. The molecule has 4 nitrogen and oxygen atoms in total. The number of hydrogen-bond donors (Lipinski definition) is 2. The number of benzene rings is 1. The molecule has 1 rings (SSSR count). The second kappa shape index (κ2) is 5.18. The van der Waals surface area contributed by atoms with Gasteiger partial charge in [-0.05, 0) is 31.5 Å². The minimum atomic E-state index is -0.760. The first-order valence-corrected chi connectivity index (χ1v) is 5.17. The van der Waals surface area contributed by atoms with Gasteiger partial charge in [-0.2, -0.15) is 0 Å². The van der Waals surface area contributed by atoms with E-state index in [1.54, 1.807) is 27.2 Å². The Morgan fingerprint density at radius 1 is 1.19 bits per heavy atom. The molecule has 2 atom stereocenters. The Morgan fingerprint density at radius 2 is 1.75 bits per heavy atom. The number of aryl methyl sites for hydroxylation is 1. The van der Waals surface area contributed by atoms with Crippen molar-refractivity contribution in [3.8, 4) is 11.5 Å². The summed E-state index contributed by atoms with van der Waals surface area (Å²) in [5.74, 6) is 1.35. The van der Waals surface area contributed by atoms with E-state index < -0.39 is 6.10 Å². The fraction of sp³-hybridized carbons (Fsp3) is 0.500. The molecule has 3 N–H and O–H groups in total. The molecule has 16 heavy (non-hydrogen) atoms. The molecular formula is C12H19NO3. The molecule has 0 aromatic heterocycles. The van der Waals surface area contributed by atoms with E-state index in [0.29, 0.717) is 11.3 Å². The van der Waals surface area contributed by atoms with Crippen molar-refractivity contribution in [3.05, 3.63) is 23.3 Å². The van der Waals surface area contributed by atoms with E-state index in [1.807, 2.05) is 13.0 Å². The summed E-state index contributed by atoms with van der Waals surface area (Å²) in [6, 6.07) is 3.24. The molecule has 0 fully saturated rings. The minimum Gasteiger partial charge on any atom is -0.496 e. The van der Waals surface area contributed by atoms with Crippen molar-refractivity contribution < 1.29 is 14.6 Å². The summed E-state index contributed by atoms with van der Waals surface area (Å²) in [5.41, 5.74) is 7.29. The topological polar surface area (TPSA) is 64.7 Å². The van der Waals surface area contributed by atoms with Crippen LogP contribution in [-0.4, -0.2) is 25.4 Å². The van der Waals surface area contributed by atoms with Crippen molar-refractivity contribution >= 4 is 0 Å². The summed E-state index contributed by atoms with van der Waals surface area (Å²) in [5, 5.41) is 9.96. The van der Waals surface area contributed by atoms with Crippen LogP contribution in [0.4, 0.5) is 0 Å². The second-order valence-electron chi connectivity index (χ2n) is 3.87. The Morgan fingerprint density at radius 3 is 2.19 bits per heavy atom. The van der Waals surface area contributed by atoms with Crippen molar-refractivity contribution in [1.29, 1.82) is 0 Å². The molecule has 4 heteroatoms. The van der Waals surface area contributed by atoms with E-state index in [-0.39, 0.29) is 6.04 Å². The monoisotopic (exact) mass is 225 g/mol. The summed E-state index contributed by atoms with van der Waals surface area (Å²) < 4.78 is 10.4.